The molecule has 0 spiro atoms. The zero-order valence-electron chi connectivity index (χ0n) is 18.7. The normalized spacial score (nSPS) is 14.2. The average molecular weight is 413 g/mol. The van der Waals surface area contributed by atoms with Crippen molar-refractivity contribution in [2.24, 2.45) is 0 Å². The number of nitrogens with zero attached hydrogens (tertiary/aromatic N) is 2. The first-order valence-corrected chi connectivity index (χ1v) is 10.2. The molecule has 0 bridgehead atoms. The zero-order valence-corrected chi connectivity index (χ0v) is 18.7. The van der Waals surface area contributed by atoms with Crippen LogP contribution < -0.4 is 9.47 Å². The predicted octanol–water partition coefficient (Wildman–Crippen LogP) is 3.58. The van der Waals surface area contributed by atoms with Crippen LogP contribution in [-0.2, 0) is 13.1 Å². The molecule has 0 fully saturated rings. The largest absolute Gasteiger partial charge is 0.496 e. The molecule has 0 aromatic heterocycles. The van der Waals surface area contributed by atoms with Crippen molar-refractivity contribution in [2.45, 2.75) is 39.0 Å². The molecular weight excluding hydrogens is 380 g/mol. The lowest BCUT2D eigenvalue weighted by Gasteiger charge is -2.20. The van der Waals surface area contributed by atoms with Gasteiger partial charge in [-0.3, -0.25) is 4.79 Å². The highest BCUT2D eigenvalue weighted by atomic mass is 16.5. The quantitative estimate of drug-likeness (QED) is 0.753. The molecule has 30 heavy (non-hydrogen) atoms. The summed E-state index contributed by atoms with van der Waals surface area (Å²) in [5.41, 5.74) is 4.59. The number of likely N-dealkylation sites (N-methyl/N-ethyl adjacent to an activating group) is 1. The summed E-state index contributed by atoms with van der Waals surface area (Å²) >= 11 is 0. The van der Waals surface area contributed by atoms with Crippen LogP contribution in [0.15, 0.2) is 30.3 Å². The van der Waals surface area contributed by atoms with Crippen molar-refractivity contribution in [3.63, 3.8) is 0 Å². The number of aliphatic hydroxyl groups is 1. The van der Waals surface area contributed by atoms with Gasteiger partial charge in [0, 0.05) is 25.7 Å². The maximum absolute atomic E-state index is 13.4. The van der Waals surface area contributed by atoms with E-state index in [1.54, 1.807) is 20.3 Å². The van der Waals surface area contributed by atoms with Crippen LogP contribution in [0.2, 0.25) is 0 Å². The van der Waals surface area contributed by atoms with Gasteiger partial charge in [0.05, 0.1) is 25.9 Å². The second kappa shape index (κ2) is 9.06. The molecule has 0 radical (unpaired) electrons. The van der Waals surface area contributed by atoms with Crippen LogP contribution in [0.5, 0.6) is 11.5 Å². The number of fused-ring (bicyclic) bond motifs is 1. The SMILES string of the molecule is COc1cc(OC)c(C(C)C)cc1C(=O)N1Cc2ccc(C(O)CN(C)C)cc2C1. The van der Waals surface area contributed by atoms with E-state index in [1.807, 2.05) is 48.2 Å². The molecule has 1 aliphatic heterocycles. The summed E-state index contributed by atoms with van der Waals surface area (Å²) in [5, 5.41) is 10.4. The molecule has 162 valence electrons. The van der Waals surface area contributed by atoms with E-state index >= 15 is 0 Å². The molecule has 1 aliphatic rings. The van der Waals surface area contributed by atoms with Crippen molar-refractivity contribution < 1.29 is 19.4 Å². The number of amides is 1. The molecule has 3 rings (SSSR count). The minimum Gasteiger partial charge on any atom is -0.496 e. The van der Waals surface area contributed by atoms with Gasteiger partial charge in [-0.15, -0.1) is 0 Å². The van der Waals surface area contributed by atoms with Crippen molar-refractivity contribution in [3.05, 3.63) is 58.1 Å². The predicted molar refractivity (Wildman–Crippen MR) is 117 cm³/mol. The second-order valence-electron chi connectivity index (χ2n) is 8.42. The molecule has 1 amide bonds. The summed E-state index contributed by atoms with van der Waals surface area (Å²) in [4.78, 5) is 17.2. The molecule has 0 saturated carbocycles. The fourth-order valence-electron chi connectivity index (χ4n) is 3.93. The second-order valence-corrected chi connectivity index (χ2v) is 8.42. The van der Waals surface area contributed by atoms with Crippen molar-refractivity contribution >= 4 is 5.91 Å². The number of hydrogen-bond acceptors (Lipinski definition) is 5. The maximum Gasteiger partial charge on any atom is 0.258 e. The van der Waals surface area contributed by atoms with Crippen molar-refractivity contribution in [2.75, 3.05) is 34.9 Å². The van der Waals surface area contributed by atoms with Crippen LogP contribution in [0, 0.1) is 0 Å². The van der Waals surface area contributed by atoms with Gasteiger partial charge in [-0.1, -0.05) is 32.0 Å². The molecule has 1 unspecified atom stereocenters. The average Bonchev–Trinajstić information content (AvgIpc) is 3.14. The fourth-order valence-corrected chi connectivity index (χ4v) is 3.93. The number of carbonyl (C=O) groups excluding carboxylic acids is 1. The van der Waals surface area contributed by atoms with Crippen molar-refractivity contribution in [3.8, 4) is 11.5 Å². The molecule has 1 heterocycles. The van der Waals surface area contributed by atoms with Gasteiger partial charge >= 0.3 is 0 Å². The molecule has 0 aliphatic carbocycles. The van der Waals surface area contributed by atoms with Crippen molar-refractivity contribution in [1.29, 1.82) is 0 Å². The van der Waals surface area contributed by atoms with Crippen LogP contribution >= 0.6 is 0 Å². The van der Waals surface area contributed by atoms with E-state index in [0.717, 1.165) is 28.0 Å². The summed E-state index contributed by atoms with van der Waals surface area (Å²) in [6.07, 6.45) is -0.551. The summed E-state index contributed by atoms with van der Waals surface area (Å²) in [6, 6.07) is 9.66. The lowest BCUT2D eigenvalue weighted by atomic mass is 9.98. The number of rotatable bonds is 7. The van der Waals surface area contributed by atoms with Crippen LogP contribution in [0.1, 0.15) is 58.5 Å². The maximum atomic E-state index is 13.4. The van der Waals surface area contributed by atoms with E-state index in [1.165, 1.54) is 0 Å². The molecular formula is C24H32N2O4. The van der Waals surface area contributed by atoms with Gasteiger partial charge in [-0.05, 0) is 48.3 Å². The van der Waals surface area contributed by atoms with Gasteiger partial charge in [0.2, 0.25) is 0 Å². The minimum atomic E-state index is -0.551. The Morgan fingerprint density at radius 2 is 1.73 bits per heavy atom. The van der Waals surface area contributed by atoms with Crippen LogP contribution in [0.4, 0.5) is 0 Å². The number of carbonyl (C=O) groups is 1. The highest BCUT2D eigenvalue weighted by molar-refractivity contribution is 5.97. The standard InChI is InChI=1S/C24H32N2O4/c1-15(2)19-10-20(23(30-6)11-22(19)29-5)24(28)26-12-17-8-7-16(9-18(17)13-26)21(27)14-25(3)4/h7-11,15,21,27H,12-14H2,1-6H3. The number of methoxy groups -OCH3 is 2. The Morgan fingerprint density at radius 3 is 2.33 bits per heavy atom. The van der Waals surface area contributed by atoms with Crippen LogP contribution in [0.25, 0.3) is 0 Å². The summed E-state index contributed by atoms with van der Waals surface area (Å²) in [6.45, 7) is 5.77. The first-order chi connectivity index (χ1) is 14.2. The highest BCUT2D eigenvalue weighted by Crippen LogP contribution is 2.36. The van der Waals surface area contributed by atoms with E-state index in [0.29, 0.717) is 30.9 Å². The number of hydrogen-bond donors (Lipinski definition) is 1. The monoisotopic (exact) mass is 412 g/mol. The highest BCUT2D eigenvalue weighted by Gasteiger charge is 2.28. The molecule has 6 nitrogen and oxygen atoms in total. The summed E-state index contributed by atoms with van der Waals surface area (Å²) in [7, 11) is 7.06. The molecule has 2 aromatic carbocycles. The van der Waals surface area contributed by atoms with Gasteiger partial charge in [-0.25, -0.2) is 0 Å². The third-order valence-electron chi connectivity index (χ3n) is 5.57. The first kappa shape index (κ1) is 22.1. The Hall–Kier alpha value is -2.57. The topological polar surface area (TPSA) is 62.2 Å². The smallest absolute Gasteiger partial charge is 0.258 e. The third-order valence-corrected chi connectivity index (χ3v) is 5.57. The van der Waals surface area contributed by atoms with E-state index in [2.05, 4.69) is 13.8 Å². The molecule has 2 aromatic rings. The lowest BCUT2D eigenvalue weighted by Crippen LogP contribution is -2.26. The Kier molecular flexibility index (Phi) is 6.68. The molecule has 1 N–H and O–H groups in total. The molecule has 0 saturated heterocycles. The van der Waals surface area contributed by atoms with E-state index in [-0.39, 0.29) is 11.8 Å². The van der Waals surface area contributed by atoms with Gasteiger partial charge < -0.3 is 24.4 Å². The van der Waals surface area contributed by atoms with Gasteiger partial charge in [0.25, 0.3) is 5.91 Å². The third kappa shape index (κ3) is 4.45. The van der Waals surface area contributed by atoms with Crippen LogP contribution in [0.3, 0.4) is 0 Å². The number of ether oxygens (including phenoxy) is 2. The number of aliphatic hydroxyl groups excluding tert-OH is 1. The number of benzene rings is 2. The van der Waals surface area contributed by atoms with E-state index in [4.69, 9.17) is 9.47 Å². The molecule has 1 atom stereocenters. The fraction of sp³-hybridized carbons (Fsp3) is 0.458. The summed E-state index contributed by atoms with van der Waals surface area (Å²) in [5.74, 6) is 1.39. The lowest BCUT2D eigenvalue weighted by molar-refractivity contribution is 0.0747. The van der Waals surface area contributed by atoms with Crippen molar-refractivity contribution in [1.82, 2.24) is 9.80 Å². The molecule has 6 heteroatoms. The first-order valence-electron chi connectivity index (χ1n) is 10.2. The van der Waals surface area contributed by atoms with Gasteiger partial charge in [-0.2, -0.15) is 0 Å². The Balaban J connectivity index is 1.87. The summed E-state index contributed by atoms with van der Waals surface area (Å²) < 4.78 is 11.0. The Bertz CT molecular complexity index is 924. The van der Waals surface area contributed by atoms with E-state index in [9.17, 15) is 9.90 Å². The van der Waals surface area contributed by atoms with Gasteiger partial charge in [0.1, 0.15) is 11.5 Å². The zero-order chi connectivity index (χ0) is 22.0. The Morgan fingerprint density at radius 1 is 1.07 bits per heavy atom. The Labute approximate surface area is 179 Å². The van der Waals surface area contributed by atoms with Crippen LogP contribution in [-0.4, -0.2) is 55.7 Å². The minimum absolute atomic E-state index is 0.0667. The van der Waals surface area contributed by atoms with Gasteiger partial charge in [0.15, 0.2) is 0 Å². The van der Waals surface area contributed by atoms with E-state index < -0.39 is 6.10 Å².